The number of thiazole rings is 1. The Balaban J connectivity index is 1.43. The molecule has 3 heterocycles. The van der Waals surface area contributed by atoms with Crippen molar-refractivity contribution < 1.29 is 18.7 Å². The average Bonchev–Trinajstić information content (AvgIpc) is 3.32. The number of benzene rings is 2. The minimum absolute atomic E-state index is 0.215. The van der Waals surface area contributed by atoms with Crippen molar-refractivity contribution in [3.8, 4) is 22.8 Å². The average molecular weight is 392 g/mol. The zero-order valence-electron chi connectivity index (χ0n) is 15.0. The van der Waals surface area contributed by atoms with Crippen LogP contribution in [0.1, 0.15) is 22.4 Å². The van der Waals surface area contributed by atoms with Crippen LogP contribution in [0.15, 0.2) is 52.9 Å². The summed E-state index contributed by atoms with van der Waals surface area (Å²) in [7, 11) is 0. The number of hydrogen-bond acceptors (Lipinski definition) is 6. The topological polar surface area (TPSA) is 73.6 Å². The number of amides is 1. The third-order valence-electron chi connectivity index (χ3n) is 4.45. The molecule has 2 aromatic heterocycles. The SMILES string of the molecule is CCOc1cccc2cc(C(=O)Nc3nc4c(s3)COc3ccccc3-4)oc12. The van der Waals surface area contributed by atoms with Gasteiger partial charge in [-0.3, -0.25) is 10.1 Å². The van der Waals surface area contributed by atoms with E-state index in [-0.39, 0.29) is 11.7 Å². The van der Waals surface area contributed by atoms with Gasteiger partial charge in [0.2, 0.25) is 0 Å². The van der Waals surface area contributed by atoms with Gasteiger partial charge in [0.25, 0.3) is 5.91 Å². The molecule has 1 aliphatic heterocycles. The van der Waals surface area contributed by atoms with E-state index in [0.29, 0.717) is 29.7 Å². The summed E-state index contributed by atoms with van der Waals surface area (Å²) in [4.78, 5) is 18.3. The molecule has 6 nitrogen and oxygen atoms in total. The number of fused-ring (bicyclic) bond motifs is 4. The van der Waals surface area contributed by atoms with E-state index in [0.717, 1.165) is 27.3 Å². The van der Waals surface area contributed by atoms with Gasteiger partial charge in [0.05, 0.1) is 17.2 Å². The van der Waals surface area contributed by atoms with Gasteiger partial charge in [-0.15, -0.1) is 0 Å². The number of ether oxygens (including phenoxy) is 2. The predicted molar refractivity (Wildman–Crippen MR) is 107 cm³/mol. The first kappa shape index (κ1) is 16.8. The third kappa shape index (κ3) is 2.80. The van der Waals surface area contributed by atoms with Crippen molar-refractivity contribution in [3.63, 3.8) is 0 Å². The first-order valence-electron chi connectivity index (χ1n) is 8.91. The number of para-hydroxylation sites is 2. The fourth-order valence-corrected chi connectivity index (χ4v) is 4.11. The van der Waals surface area contributed by atoms with E-state index >= 15 is 0 Å². The zero-order chi connectivity index (χ0) is 19.1. The van der Waals surface area contributed by atoms with Gasteiger partial charge in [-0.1, -0.05) is 35.6 Å². The highest BCUT2D eigenvalue weighted by Gasteiger charge is 2.23. The van der Waals surface area contributed by atoms with Crippen molar-refractivity contribution in [2.45, 2.75) is 13.5 Å². The minimum Gasteiger partial charge on any atom is -0.490 e. The van der Waals surface area contributed by atoms with Gasteiger partial charge in [-0.05, 0) is 31.2 Å². The van der Waals surface area contributed by atoms with E-state index in [9.17, 15) is 4.79 Å². The van der Waals surface area contributed by atoms with E-state index in [2.05, 4.69) is 10.3 Å². The van der Waals surface area contributed by atoms with Gasteiger partial charge < -0.3 is 13.9 Å². The van der Waals surface area contributed by atoms with Crippen molar-refractivity contribution in [2.75, 3.05) is 11.9 Å². The van der Waals surface area contributed by atoms with Crippen LogP contribution < -0.4 is 14.8 Å². The van der Waals surface area contributed by atoms with Crippen LogP contribution in [-0.2, 0) is 6.61 Å². The molecule has 0 spiro atoms. The van der Waals surface area contributed by atoms with Crippen LogP contribution in [-0.4, -0.2) is 17.5 Å². The highest BCUT2D eigenvalue weighted by molar-refractivity contribution is 7.16. The van der Waals surface area contributed by atoms with E-state index < -0.39 is 0 Å². The zero-order valence-corrected chi connectivity index (χ0v) is 15.8. The molecule has 1 amide bonds. The Kier molecular flexibility index (Phi) is 4.02. The van der Waals surface area contributed by atoms with Crippen LogP contribution in [0.2, 0.25) is 0 Å². The lowest BCUT2D eigenvalue weighted by Gasteiger charge is -2.15. The molecule has 0 bridgehead atoms. The van der Waals surface area contributed by atoms with Crippen molar-refractivity contribution in [1.29, 1.82) is 0 Å². The maximum Gasteiger partial charge on any atom is 0.293 e. The Bertz CT molecular complexity index is 1190. The van der Waals surface area contributed by atoms with E-state index in [1.165, 1.54) is 11.3 Å². The lowest BCUT2D eigenvalue weighted by atomic mass is 10.1. The molecule has 7 heteroatoms. The summed E-state index contributed by atoms with van der Waals surface area (Å²) in [5.41, 5.74) is 2.35. The fraction of sp³-hybridized carbons (Fsp3) is 0.143. The van der Waals surface area contributed by atoms with Crippen LogP contribution in [0, 0.1) is 0 Å². The van der Waals surface area contributed by atoms with Gasteiger partial charge in [-0.2, -0.15) is 0 Å². The standard InChI is InChI=1S/C21H16N2O4S/c1-2-25-15-9-5-6-12-10-16(27-19(12)15)20(24)23-21-22-18-13-7-3-4-8-14(13)26-11-17(18)28-21/h3-10H,2,11H2,1H3,(H,22,23,24). The summed E-state index contributed by atoms with van der Waals surface area (Å²) in [6.45, 7) is 2.87. The summed E-state index contributed by atoms with van der Waals surface area (Å²) in [5.74, 6) is 1.29. The third-order valence-corrected chi connectivity index (χ3v) is 5.39. The second kappa shape index (κ2) is 6.69. The quantitative estimate of drug-likeness (QED) is 0.523. The van der Waals surface area contributed by atoms with Crippen LogP contribution in [0.25, 0.3) is 22.2 Å². The molecule has 0 radical (unpaired) electrons. The number of nitrogens with zero attached hydrogens (tertiary/aromatic N) is 1. The number of rotatable bonds is 4. The largest absolute Gasteiger partial charge is 0.490 e. The number of carbonyl (C=O) groups excluding carboxylic acids is 1. The summed E-state index contributed by atoms with van der Waals surface area (Å²) in [6, 6.07) is 15.0. The van der Waals surface area contributed by atoms with Gasteiger partial charge in [0, 0.05) is 10.9 Å². The van der Waals surface area contributed by atoms with Gasteiger partial charge in [0.1, 0.15) is 12.4 Å². The molecule has 1 aliphatic rings. The first-order valence-corrected chi connectivity index (χ1v) is 9.73. The lowest BCUT2D eigenvalue weighted by molar-refractivity contribution is 0.0998. The Morgan fingerprint density at radius 3 is 3.04 bits per heavy atom. The molecule has 1 N–H and O–H groups in total. The van der Waals surface area contributed by atoms with Crippen molar-refractivity contribution in [3.05, 3.63) is 59.2 Å². The summed E-state index contributed by atoms with van der Waals surface area (Å²) in [6.07, 6.45) is 0. The number of anilines is 1. The van der Waals surface area contributed by atoms with Crippen molar-refractivity contribution in [2.24, 2.45) is 0 Å². The summed E-state index contributed by atoms with van der Waals surface area (Å²) in [5, 5.41) is 4.17. The highest BCUT2D eigenvalue weighted by atomic mass is 32.1. The molecule has 0 unspecified atom stereocenters. The van der Waals surface area contributed by atoms with Crippen LogP contribution >= 0.6 is 11.3 Å². The summed E-state index contributed by atoms with van der Waals surface area (Å²) >= 11 is 1.41. The molecule has 5 rings (SSSR count). The molecule has 28 heavy (non-hydrogen) atoms. The van der Waals surface area contributed by atoms with E-state index in [4.69, 9.17) is 13.9 Å². The Morgan fingerprint density at radius 1 is 1.25 bits per heavy atom. The molecular weight excluding hydrogens is 376 g/mol. The van der Waals surface area contributed by atoms with Crippen LogP contribution in [0.3, 0.4) is 0 Å². The minimum atomic E-state index is -0.348. The van der Waals surface area contributed by atoms with Crippen molar-refractivity contribution >= 4 is 33.3 Å². The van der Waals surface area contributed by atoms with E-state index in [1.807, 2.05) is 49.4 Å². The molecule has 0 saturated carbocycles. The smallest absolute Gasteiger partial charge is 0.293 e. The molecule has 0 atom stereocenters. The maximum atomic E-state index is 12.7. The van der Waals surface area contributed by atoms with Crippen LogP contribution in [0.4, 0.5) is 5.13 Å². The number of carbonyl (C=O) groups is 1. The first-order chi connectivity index (χ1) is 13.7. The summed E-state index contributed by atoms with van der Waals surface area (Å²) < 4.78 is 17.1. The molecule has 0 saturated heterocycles. The van der Waals surface area contributed by atoms with Crippen molar-refractivity contribution in [1.82, 2.24) is 4.98 Å². The van der Waals surface area contributed by atoms with E-state index in [1.54, 1.807) is 6.07 Å². The van der Waals surface area contributed by atoms with Gasteiger partial charge in [-0.25, -0.2) is 4.98 Å². The molecule has 140 valence electrons. The Labute approximate surface area is 164 Å². The normalized spacial score (nSPS) is 12.2. The molecule has 2 aromatic carbocycles. The second-order valence-electron chi connectivity index (χ2n) is 6.25. The van der Waals surface area contributed by atoms with Gasteiger partial charge in [0.15, 0.2) is 22.2 Å². The molecule has 0 fully saturated rings. The van der Waals surface area contributed by atoms with Crippen LogP contribution in [0.5, 0.6) is 11.5 Å². The number of nitrogens with one attached hydrogen (secondary N) is 1. The number of aromatic nitrogens is 1. The van der Waals surface area contributed by atoms with Gasteiger partial charge >= 0.3 is 0 Å². The maximum absolute atomic E-state index is 12.7. The predicted octanol–water partition coefficient (Wildman–Crippen LogP) is 5.10. The molecule has 0 aliphatic carbocycles. The monoisotopic (exact) mass is 392 g/mol. The Hall–Kier alpha value is -3.32. The molecule has 4 aromatic rings. The highest BCUT2D eigenvalue weighted by Crippen LogP contribution is 2.40. The second-order valence-corrected chi connectivity index (χ2v) is 7.33. The molecular formula is C21H16N2O4S. The Morgan fingerprint density at radius 2 is 2.14 bits per heavy atom. The lowest BCUT2D eigenvalue weighted by Crippen LogP contribution is -2.10. The number of furan rings is 1. The number of hydrogen-bond donors (Lipinski definition) is 1. The fourth-order valence-electron chi connectivity index (χ4n) is 3.22.